The van der Waals surface area contributed by atoms with E-state index in [2.05, 4.69) is 40.8 Å². The average molecular weight is 441 g/mol. The SMILES string of the molecule is CC(C)=CCNCCSCCC(=O)Nc1cccc(-c2n[nH]c(=O)c3c2CCCC3)c1. The fourth-order valence-electron chi connectivity index (χ4n) is 3.66. The number of hydrogen-bond acceptors (Lipinski definition) is 5. The minimum atomic E-state index is -0.0763. The second-order valence-corrected chi connectivity index (χ2v) is 9.27. The molecule has 1 aliphatic carbocycles. The summed E-state index contributed by atoms with van der Waals surface area (Å²) in [5.41, 5.74) is 5.65. The molecule has 31 heavy (non-hydrogen) atoms. The first-order valence-electron chi connectivity index (χ1n) is 11.0. The second kappa shape index (κ2) is 11.9. The lowest BCUT2D eigenvalue weighted by molar-refractivity contribution is -0.115. The van der Waals surface area contributed by atoms with Crippen LogP contribution in [0.15, 0.2) is 40.7 Å². The first kappa shape index (κ1) is 23.3. The van der Waals surface area contributed by atoms with Gasteiger partial charge in [-0.05, 0) is 57.2 Å². The quantitative estimate of drug-likeness (QED) is 0.385. The Morgan fingerprint density at radius 2 is 2.00 bits per heavy atom. The summed E-state index contributed by atoms with van der Waals surface area (Å²) in [4.78, 5) is 24.4. The van der Waals surface area contributed by atoms with Gasteiger partial charge in [-0.1, -0.05) is 23.8 Å². The maximum Gasteiger partial charge on any atom is 0.267 e. The van der Waals surface area contributed by atoms with Gasteiger partial charge in [-0.2, -0.15) is 16.9 Å². The van der Waals surface area contributed by atoms with Crippen LogP contribution in [0.1, 0.15) is 44.2 Å². The van der Waals surface area contributed by atoms with Gasteiger partial charge in [0.25, 0.3) is 5.56 Å². The maximum absolute atomic E-state index is 12.3. The summed E-state index contributed by atoms with van der Waals surface area (Å²) in [6.07, 6.45) is 6.44. The van der Waals surface area contributed by atoms with Crippen molar-refractivity contribution in [1.29, 1.82) is 0 Å². The number of amides is 1. The first-order chi connectivity index (χ1) is 15.0. The van der Waals surface area contributed by atoms with Crippen molar-refractivity contribution in [3.8, 4) is 11.3 Å². The molecule has 0 atom stereocenters. The zero-order valence-electron chi connectivity index (χ0n) is 18.4. The van der Waals surface area contributed by atoms with Gasteiger partial charge in [-0.25, -0.2) is 5.10 Å². The predicted octanol–water partition coefficient (Wildman–Crippen LogP) is 3.93. The van der Waals surface area contributed by atoms with Gasteiger partial charge in [0.1, 0.15) is 0 Å². The van der Waals surface area contributed by atoms with E-state index < -0.39 is 0 Å². The number of carbonyl (C=O) groups excluding carboxylic acids is 1. The number of nitrogens with zero attached hydrogens (tertiary/aromatic N) is 1. The Labute approximate surface area is 188 Å². The van der Waals surface area contributed by atoms with Crippen LogP contribution in [0.4, 0.5) is 5.69 Å². The van der Waals surface area contributed by atoms with Crippen LogP contribution in [0.2, 0.25) is 0 Å². The van der Waals surface area contributed by atoms with Crippen molar-refractivity contribution < 1.29 is 4.79 Å². The van der Waals surface area contributed by atoms with Gasteiger partial charge in [-0.15, -0.1) is 0 Å². The zero-order chi connectivity index (χ0) is 22.1. The number of fused-ring (bicyclic) bond motifs is 1. The molecule has 1 amide bonds. The van der Waals surface area contributed by atoms with E-state index in [1.807, 2.05) is 24.3 Å². The molecule has 6 nitrogen and oxygen atoms in total. The highest BCUT2D eigenvalue weighted by Gasteiger charge is 2.19. The Bertz CT molecular complexity index is 980. The molecule has 7 heteroatoms. The number of hydrogen-bond donors (Lipinski definition) is 3. The Morgan fingerprint density at radius 3 is 2.81 bits per heavy atom. The lowest BCUT2D eigenvalue weighted by atomic mass is 9.90. The Hall–Kier alpha value is -2.38. The highest BCUT2D eigenvalue weighted by molar-refractivity contribution is 7.99. The topological polar surface area (TPSA) is 86.9 Å². The van der Waals surface area contributed by atoms with Gasteiger partial charge in [0.05, 0.1) is 5.69 Å². The largest absolute Gasteiger partial charge is 0.326 e. The third-order valence-electron chi connectivity index (χ3n) is 5.27. The van der Waals surface area contributed by atoms with Crippen LogP contribution >= 0.6 is 11.8 Å². The number of aromatic amines is 1. The predicted molar refractivity (Wildman–Crippen MR) is 130 cm³/mol. The molecule has 0 spiro atoms. The third kappa shape index (κ3) is 7.08. The monoisotopic (exact) mass is 440 g/mol. The highest BCUT2D eigenvalue weighted by atomic mass is 32.2. The summed E-state index contributed by atoms with van der Waals surface area (Å²) in [6.45, 7) is 6.02. The van der Waals surface area contributed by atoms with Crippen molar-refractivity contribution in [2.24, 2.45) is 0 Å². The van der Waals surface area contributed by atoms with Crippen molar-refractivity contribution in [3.05, 3.63) is 57.4 Å². The third-order valence-corrected chi connectivity index (χ3v) is 6.25. The lowest BCUT2D eigenvalue weighted by Crippen LogP contribution is -2.21. The molecular weight excluding hydrogens is 408 g/mol. The van der Waals surface area contributed by atoms with E-state index in [4.69, 9.17) is 0 Å². The standard InChI is InChI=1S/C24H32N4O2S/c1-17(2)10-12-25-13-15-31-14-11-22(29)26-19-7-5-6-18(16-19)23-20-8-3-4-9-21(20)24(30)28-27-23/h5-7,10,16,25H,3-4,8-9,11-15H2,1-2H3,(H,26,29)(H,28,30). The van der Waals surface area contributed by atoms with Crippen molar-refractivity contribution in [2.45, 2.75) is 46.0 Å². The molecule has 3 N–H and O–H groups in total. The Kier molecular flexibility index (Phi) is 8.91. The molecule has 1 aromatic carbocycles. The number of nitrogens with one attached hydrogen (secondary N) is 3. The second-order valence-electron chi connectivity index (χ2n) is 8.04. The van der Waals surface area contributed by atoms with Crippen LogP contribution in [0, 0.1) is 0 Å². The smallest absolute Gasteiger partial charge is 0.267 e. The van der Waals surface area contributed by atoms with Gasteiger partial charge in [0.15, 0.2) is 0 Å². The zero-order valence-corrected chi connectivity index (χ0v) is 19.2. The molecule has 0 radical (unpaired) electrons. The van der Waals surface area contributed by atoms with Crippen LogP contribution in [-0.2, 0) is 17.6 Å². The summed E-state index contributed by atoms with van der Waals surface area (Å²) in [5, 5.41) is 13.3. The van der Waals surface area contributed by atoms with Gasteiger partial charge in [0, 0.05) is 47.8 Å². The molecule has 166 valence electrons. The summed E-state index contributed by atoms with van der Waals surface area (Å²) in [7, 11) is 0. The van der Waals surface area contributed by atoms with Gasteiger partial charge < -0.3 is 10.6 Å². The summed E-state index contributed by atoms with van der Waals surface area (Å²) in [6, 6.07) is 7.72. The molecule has 0 bridgehead atoms. The summed E-state index contributed by atoms with van der Waals surface area (Å²) in [5.74, 6) is 1.80. The van der Waals surface area contributed by atoms with E-state index in [-0.39, 0.29) is 11.5 Å². The van der Waals surface area contributed by atoms with Crippen LogP contribution < -0.4 is 16.2 Å². The van der Waals surface area contributed by atoms with Gasteiger partial charge in [0.2, 0.25) is 5.91 Å². The minimum Gasteiger partial charge on any atom is -0.326 e. The number of benzene rings is 1. The lowest BCUT2D eigenvalue weighted by Gasteiger charge is -2.17. The molecule has 1 heterocycles. The molecule has 2 aromatic rings. The van der Waals surface area contributed by atoms with E-state index in [1.54, 1.807) is 11.8 Å². The molecule has 0 saturated heterocycles. The Morgan fingerprint density at radius 1 is 1.19 bits per heavy atom. The van der Waals surface area contributed by atoms with E-state index >= 15 is 0 Å². The van der Waals surface area contributed by atoms with Crippen molar-refractivity contribution in [3.63, 3.8) is 0 Å². The number of carbonyl (C=O) groups is 1. The first-order valence-corrected chi connectivity index (χ1v) is 12.1. The molecule has 0 unspecified atom stereocenters. The number of thioether (sulfide) groups is 1. The Balaban J connectivity index is 1.51. The molecule has 1 aliphatic rings. The average Bonchev–Trinajstić information content (AvgIpc) is 2.76. The van der Waals surface area contributed by atoms with E-state index in [0.29, 0.717) is 6.42 Å². The van der Waals surface area contributed by atoms with Crippen molar-refractivity contribution >= 4 is 23.4 Å². The number of aromatic nitrogens is 2. The van der Waals surface area contributed by atoms with E-state index in [1.165, 1.54) is 5.57 Å². The molecular formula is C24H32N4O2S. The number of H-pyrrole nitrogens is 1. The molecule has 1 aromatic heterocycles. The maximum atomic E-state index is 12.3. The fraction of sp³-hybridized carbons (Fsp3) is 0.458. The summed E-state index contributed by atoms with van der Waals surface area (Å²) >= 11 is 1.78. The van der Waals surface area contributed by atoms with Crippen LogP contribution in [0.3, 0.4) is 0 Å². The van der Waals surface area contributed by atoms with Crippen LogP contribution in [0.5, 0.6) is 0 Å². The minimum absolute atomic E-state index is 0.0126. The van der Waals surface area contributed by atoms with Crippen LogP contribution in [-0.4, -0.2) is 40.7 Å². The molecule has 0 saturated carbocycles. The van der Waals surface area contributed by atoms with Gasteiger partial charge in [-0.3, -0.25) is 9.59 Å². The number of rotatable bonds is 10. The highest BCUT2D eigenvalue weighted by Crippen LogP contribution is 2.29. The number of allylic oxidation sites excluding steroid dienone is 1. The van der Waals surface area contributed by atoms with E-state index in [0.717, 1.165) is 78.4 Å². The normalized spacial score (nSPS) is 12.8. The number of anilines is 1. The van der Waals surface area contributed by atoms with Crippen LogP contribution in [0.25, 0.3) is 11.3 Å². The van der Waals surface area contributed by atoms with Crippen molar-refractivity contribution in [1.82, 2.24) is 15.5 Å². The van der Waals surface area contributed by atoms with Gasteiger partial charge >= 0.3 is 0 Å². The fourth-order valence-corrected chi connectivity index (χ4v) is 4.48. The van der Waals surface area contributed by atoms with E-state index in [9.17, 15) is 9.59 Å². The van der Waals surface area contributed by atoms with Crippen molar-refractivity contribution in [2.75, 3.05) is 29.9 Å². The molecule has 0 aliphatic heterocycles. The molecule has 3 rings (SSSR count). The molecule has 0 fully saturated rings. The summed E-state index contributed by atoms with van der Waals surface area (Å²) < 4.78 is 0.